The SMILES string of the molecule is CC#CCCC(NC)c1cccnc1. The van der Waals surface area contributed by atoms with E-state index in [2.05, 4.69) is 28.2 Å². The molecule has 0 aliphatic heterocycles. The normalized spacial score (nSPS) is 11.6. The molecule has 1 rings (SSSR count). The standard InChI is InChI=1S/C12H16N2/c1-3-4-5-8-12(13-2)11-7-6-9-14-10-11/h6-7,9-10,12-13H,5,8H2,1-2H3. The van der Waals surface area contributed by atoms with Crippen LogP contribution < -0.4 is 5.32 Å². The summed E-state index contributed by atoms with van der Waals surface area (Å²) >= 11 is 0. The van der Waals surface area contributed by atoms with E-state index in [0.717, 1.165) is 12.8 Å². The summed E-state index contributed by atoms with van der Waals surface area (Å²) in [5.41, 5.74) is 1.23. The molecule has 0 bridgehead atoms. The molecule has 2 nitrogen and oxygen atoms in total. The molecule has 1 aromatic rings. The molecule has 1 heterocycles. The van der Waals surface area contributed by atoms with Gasteiger partial charge in [0.15, 0.2) is 0 Å². The largest absolute Gasteiger partial charge is 0.313 e. The van der Waals surface area contributed by atoms with Crippen LogP contribution in [0.5, 0.6) is 0 Å². The number of hydrogen-bond donors (Lipinski definition) is 1. The van der Waals surface area contributed by atoms with Crippen LogP contribution in [-0.4, -0.2) is 12.0 Å². The predicted octanol–water partition coefficient (Wildman–Crippen LogP) is 2.15. The minimum absolute atomic E-state index is 0.365. The zero-order valence-corrected chi connectivity index (χ0v) is 8.75. The number of rotatable bonds is 4. The predicted molar refractivity (Wildman–Crippen MR) is 58.7 cm³/mol. The van der Waals surface area contributed by atoms with Gasteiger partial charge in [0.1, 0.15) is 0 Å². The fraction of sp³-hybridized carbons (Fsp3) is 0.417. The van der Waals surface area contributed by atoms with Gasteiger partial charge in [0.2, 0.25) is 0 Å². The zero-order valence-electron chi connectivity index (χ0n) is 8.75. The lowest BCUT2D eigenvalue weighted by molar-refractivity contribution is 0.556. The van der Waals surface area contributed by atoms with E-state index in [0.29, 0.717) is 6.04 Å². The summed E-state index contributed by atoms with van der Waals surface area (Å²) in [5.74, 6) is 5.98. The summed E-state index contributed by atoms with van der Waals surface area (Å²) in [6, 6.07) is 4.42. The molecule has 0 aliphatic rings. The fourth-order valence-corrected chi connectivity index (χ4v) is 1.40. The molecule has 0 spiro atoms. The Labute approximate surface area is 85.8 Å². The van der Waals surface area contributed by atoms with Crippen molar-refractivity contribution in [3.63, 3.8) is 0 Å². The molecule has 1 unspecified atom stereocenters. The molecule has 1 aromatic heterocycles. The molecular weight excluding hydrogens is 172 g/mol. The van der Waals surface area contributed by atoms with E-state index >= 15 is 0 Å². The average molecular weight is 188 g/mol. The summed E-state index contributed by atoms with van der Waals surface area (Å²) in [5, 5.41) is 3.27. The Balaban J connectivity index is 2.57. The molecule has 0 fully saturated rings. The second-order valence-electron chi connectivity index (χ2n) is 3.09. The minimum atomic E-state index is 0.365. The maximum atomic E-state index is 4.11. The van der Waals surface area contributed by atoms with Crippen LogP contribution >= 0.6 is 0 Å². The molecular formula is C12H16N2. The molecule has 0 saturated heterocycles. The second kappa shape index (κ2) is 6.17. The van der Waals surface area contributed by atoms with Crippen LogP contribution in [0.15, 0.2) is 24.5 Å². The molecule has 2 heteroatoms. The van der Waals surface area contributed by atoms with Crippen molar-refractivity contribution in [2.45, 2.75) is 25.8 Å². The van der Waals surface area contributed by atoms with Crippen molar-refractivity contribution in [2.75, 3.05) is 7.05 Å². The van der Waals surface area contributed by atoms with Crippen molar-refractivity contribution in [3.05, 3.63) is 30.1 Å². The summed E-state index contributed by atoms with van der Waals surface area (Å²) in [4.78, 5) is 4.11. The van der Waals surface area contributed by atoms with Crippen molar-refractivity contribution < 1.29 is 0 Å². The highest BCUT2D eigenvalue weighted by Gasteiger charge is 2.06. The highest BCUT2D eigenvalue weighted by Crippen LogP contribution is 2.15. The lowest BCUT2D eigenvalue weighted by Crippen LogP contribution is -2.16. The third kappa shape index (κ3) is 3.20. The van der Waals surface area contributed by atoms with Gasteiger partial charge in [-0.1, -0.05) is 6.07 Å². The van der Waals surface area contributed by atoms with E-state index in [1.54, 1.807) is 6.20 Å². The number of nitrogens with zero attached hydrogens (tertiary/aromatic N) is 1. The van der Waals surface area contributed by atoms with Gasteiger partial charge in [-0.2, -0.15) is 0 Å². The van der Waals surface area contributed by atoms with Gasteiger partial charge < -0.3 is 5.32 Å². The van der Waals surface area contributed by atoms with Crippen molar-refractivity contribution in [2.24, 2.45) is 0 Å². The molecule has 1 N–H and O–H groups in total. The Morgan fingerprint density at radius 1 is 1.57 bits per heavy atom. The minimum Gasteiger partial charge on any atom is -0.313 e. The van der Waals surface area contributed by atoms with Crippen molar-refractivity contribution in [1.82, 2.24) is 10.3 Å². The van der Waals surface area contributed by atoms with Gasteiger partial charge in [0, 0.05) is 24.9 Å². The molecule has 14 heavy (non-hydrogen) atoms. The Morgan fingerprint density at radius 3 is 3.00 bits per heavy atom. The maximum absolute atomic E-state index is 4.11. The van der Waals surface area contributed by atoms with Crippen LogP contribution in [0.3, 0.4) is 0 Å². The molecule has 0 aliphatic carbocycles. The van der Waals surface area contributed by atoms with Gasteiger partial charge in [-0.25, -0.2) is 0 Å². The Morgan fingerprint density at radius 2 is 2.43 bits per heavy atom. The van der Waals surface area contributed by atoms with E-state index < -0.39 is 0 Å². The van der Waals surface area contributed by atoms with Crippen LogP contribution in [0.4, 0.5) is 0 Å². The van der Waals surface area contributed by atoms with Crippen LogP contribution in [0.1, 0.15) is 31.4 Å². The van der Waals surface area contributed by atoms with Crippen LogP contribution in [0.2, 0.25) is 0 Å². The third-order valence-corrected chi connectivity index (χ3v) is 2.17. The zero-order chi connectivity index (χ0) is 10.2. The fourth-order valence-electron chi connectivity index (χ4n) is 1.40. The second-order valence-corrected chi connectivity index (χ2v) is 3.09. The van der Waals surface area contributed by atoms with Crippen LogP contribution in [0, 0.1) is 11.8 Å². The third-order valence-electron chi connectivity index (χ3n) is 2.17. The number of hydrogen-bond acceptors (Lipinski definition) is 2. The Kier molecular flexibility index (Phi) is 4.74. The molecule has 74 valence electrons. The molecule has 1 atom stereocenters. The van der Waals surface area contributed by atoms with Crippen LogP contribution in [0.25, 0.3) is 0 Å². The molecule has 0 saturated carbocycles. The first-order valence-corrected chi connectivity index (χ1v) is 4.85. The quantitative estimate of drug-likeness (QED) is 0.732. The summed E-state index contributed by atoms with van der Waals surface area (Å²) in [6.45, 7) is 1.87. The van der Waals surface area contributed by atoms with E-state index in [-0.39, 0.29) is 0 Å². The number of pyridine rings is 1. The van der Waals surface area contributed by atoms with Crippen molar-refractivity contribution in [3.8, 4) is 11.8 Å². The first kappa shape index (κ1) is 10.7. The van der Waals surface area contributed by atoms with Gasteiger partial charge in [-0.15, -0.1) is 11.8 Å². The molecule has 0 radical (unpaired) electrons. The van der Waals surface area contributed by atoms with Crippen molar-refractivity contribution >= 4 is 0 Å². The number of aromatic nitrogens is 1. The van der Waals surface area contributed by atoms with E-state index in [4.69, 9.17) is 0 Å². The summed E-state index contributed by atoms with van der Waals surface area (Å²) < 4.78 is 0. The van der Waals surface area contributed by atoms with E-state index in [9.17, 15) is 0 Å². The summed E-state index contributed by atoms with van der Waals surface area (Å²) in [7, 11) is 1.97. The smallest absolute Gasteiger partial charge is 0.0341 e. The van der Waals surface area contributed by atoms with Crippen LogP contribution in [-0.2, 0) is 0 Å². The average Bonchev–Trinajstić information content (AvgIpc) is 2.26. The molecule has 0 amide bonds. The van der Waals surface area contributed by atoms with Gasteiger partial charge in [-0.05, 0) is 32.0 Å². The molecule has 0 aromatic carbocycles. The highest BCUT2D eigenvalue weighted by molar-refractivity contribution is 5.14. The first-order valence-electron chi connectivity index (χ1n) is 4.85. The van der Waals surface area contributed by atoms with E-state index in [1.807, 2.05) is 26.2 Å². The van der Waals surface area contributed by atoms with Gasteiger partial charge in [0.05, 0.1) is 0 Å². The first-order chi connectivity index (χ1) is 6.88. The van der Waals surface area contributed by atoms with Gasteiger partial charge in [0.25, 0.3) is 0 Å². The summed E-state index contributed by atoms with van der Waals surface area (Å²) in [6.07, 6.45) is 5.66. The highest BCUT2D eigenvalue weighted by atomic mass is 14.9. The lowest BCUT2D eigenvalue weighted by atomic mass is 10.0. The van der Waals surface area contributed by atoms with E-state index in [1.165, 1.54) is 5.56 Å². The maximum Gasteiger partial charge on any atom is 0.0341 e. The Hall–Kier alpha value is -1.33. The van der Waals surface area contributed by atoms with Gasteiger partial charge in [-0.3, -0.25) is 4.98 Å². The lowest BCUT2D eigenvalue weighted by Gasteiger charge is -2.14. The van der Waals surface area contributed by atoms with Crippen molar-refractivity contribution in [1.29, 1.82) is 0 Å². The topological polar surface area (TPSA) is 24.9 Å². The number of nitrogens with one attached hydrogen (secondary N) is 1. The van der Waals surface area contributed by atoms with Gasteiger partial charge >= 0.3 is 0 Å². The Bertz CT molecular complexity index is 308. The monoisotopic (exact) mass is 188 g/mol.